The van der Waals surface area contributed by atoms with Crippen LogP contribution in [0, 0.1) is 5.82 Å². The summed E-state index contributed by atoms with van der Waals surface area (Å²) in [5.41, 5.74) is 3.43. The fourth-order valence-corrected chi connectivity index (χ4v) is 2.75. The van der Waals surface area contributed by atoms with E-state index in [9.17, 15) is 4.39 Å². The van der Waals surface area contributed by atoms with E-state index in [1.165, 1.54) is 17.7 Å². The predicted octanol–water partition coefficient (Wildman–Crippen LogP) is 4.23. The van der Waals surface area contributed by atoms with Gasteiger partial charge in [0.15, 0.2) is 0 Å². The van der Waals surface area contributed by atoms with Gasteiger partial charge in [-0.25, -0.2) is 4.39 Å². The van der Waals surface area contributed by atoms with Crippen LogP contribution >= 0.6 is 0 Å². The number of para-hydroxylation sites is 1. The van der Waals surface area contributed by atoms with Gasteiger partial charge in [-0.15, -0.1) is 0 Å². The Kier molecular flexibility index (Phi) is 5.81. The molecule has 25 heavy (non-hydrogen) atoms. The van der Waals surface area contributed by atoms with Gasteiger partial charge in [-0.2, -0.15) is 0 Å². The van der Waals surface area contributed by atoms with Crippen LogP contribution in [0.2, 0.25) is 0 Å². The zero-order valence-electron chi connectivity index (χ0n) is 14.4. The molecule has 0 aliphatic heterocycles. The van der Waals surface area contributed by atoms with Crippen LogP contribution in [0.25, 0.3) is 0 Å². The highest BCUT2D eigenvalue weighted by molar-refractivity contribution is 5.33. The van der Waals surface area contributed by atoms with E-state index >= 15 is 0 Å². The van der Waals surface area contributed by atoms with E-state index in [0.29, 0.717) is 12.6 Å². The first kappa shape index (κ1) is 17.2. The fourth-order valence-electron chi connectivity index (χ4n) is 2.75. The molecule has 1 atom stereocenters. The predicted molar refractivity (Wildman–Crippen MR) is 97.7 cm³/mol. The normalized spacial score (nSPS) is 11.9. The fraction of sp³-hybridized carbons (Fsp3) is 0.182. The third-order valence-electron chi connectivity index (χ3n) is 4.30. The van der Waals surface area contributed by atoms with Crippen LogP contribution in [-0.2, 0) is 13.2 Å². The zero-order chi connectivity index (χ0) is 17.5. The molecule has 3 aromatic carbocycles. The molecule has 0 fully saturated rings. The Morgan fingerprint density at radius 1 is 0.880 bits per heavy atom. The van der Waals surface area contributed by atoms with Crippen molar-refractivity contribution in [2.24, 2.45) is 0 Å². The minimum atomic E-state index is -0.228. The van der Waals surface area contributed by atoms with Gasteiger partial charge in [0.2, 0.25) is 0 Å². The largest absolute Gasteiger partial charge is 0.488 e. The molecule has 0 saturated carbocycles. The molecule has 0 spiro atoms. The summed E-state index contributed by atoms with van der Waals surface area (Å²) in [6, 6.07) is 25.4. The summed E-state index contributed by atoms with van der Waals surface area (Å²) in [5, 5.41) is 2.30. The summed E-state index contributed by atoms with van der Waals surface area (Å²) in [4.78, 5) is 0. The van der Waals surface area contributed by atoms with Crippen molar-refractivity contribution in [3.8, 4) is 5.75 Å². The molecule has 0 radical (unpaired) electrons. The quantitative estimate of drug-likeness (QED) is 0.686. The molecule has 0 bridgehead atoms. The lowest BCUT2D eigenvalue weighted by Gasteiger charge is -2.14. The molecule has 2 nitrogen and oxygen atoms in total. The van der Waals surface area contributed by atoms with Crippen molar-refractivity contribution in [3.05, 3.63) is 101 Å². The van der Waals surface area contributed by atoms with Gasteiger partial charge in [0.1, 0.15) is 30.8 Å². The summed E-state index contributed by atoms with van der Waals surface area (Å²) in [6.45, 7) is 3.48. The standard InChI is InChI=1S/C22H22FNO/c1-17(19-7-3-2-4-8-19)24-15-20-9-5-6-10-22(20)25-16-18-11-13-21(23)14-12-18/h2-14,17,24H,15-16H2,1H3/p+1/t17-/m1/s1. The second-order valence-corrected chi connectivity index (χ2v) is 6.16. The van der Waals surface area contributed by atoms with Crippen molar-refractivity contribution in [2.45, 2.75) is 26.1 Å². The van der Waals surface area contributed by atoms with Crippen LogP contribution in [0.15, 0.2) is 78.9 Å². The second kappa shape index (κ2) is 8.45. The highest BCUT2D eigenvalue weighted by Crippen LogP contribution is 2.19. The number of rotatable bonds is 7. The van der Waals surface area contributed by atoms with Crippen molar-refractivity contribution in [3.63, 3.8) is 0 Å². The molecule has 3 heteroatoms. The average molecular weight is 336 g/mol. The Morgan fingerprint density at radius 2 is 1.56 bits per heavy atom. The van der Waals surface area contributed by atoms with E-state index in [-0.39, 0.29) is 5.82 Å². The van der Waals surface area contributed by atoms with E-state index in [4.69, 9.17) is 4.74 Å². The summed E-state index contributed by atoms with van der Waals surface area (Å²) in [7, 11) is 0. The number of ether oxygens (including phenoxy) is 1. The molecule has 0 aliphatic rings. The first-order chi connectivity index (χ1) is 12.2. The number of quaternary nitrogens is 1. The van der Waals surface area contributed by atoms with E-state index in [2.05, 4.69) is 42.6 Å². The third-order valence-corrected chi connectivity index (χ3v) is 4.30. The van der Waals surface area contributed by atoms with Crippen molar-refractivity contribution >= 4 is 0 Å². The van der Waals surface area contributed by atoms with E-state index in [1.807, 2.05) is 24.3 Å². The third kappa shape index (κ3) is 4.91. The lowest BCUT2D eigenvalue weighted by Crippen LogP contribution is -2.83. The molecule has 0 aliphatic carbocycles. The lowest BCUT2D eigenvalue weighted by molar-refractivity contribution is -0.708. The van der Waals surface area contributed by atoms with E-state index < -0.39 is 0 Å². The van der Waals surface area contributed by atoms with Gasteiger partial charge < -0.3 is 10.1 Å². The maximum atomic E-state index is 13.0. The molecule has 0 saturated heterocycles. The van der Waals surface area contributed by atoms with Gasteiger partial charge in [0.25, 0.3) is 0 Å². The van der Waals surface area contributed by atoms with Gasteiger partial charge in [-0.3, -0.25) is 0 Å². The summed E-state index contributed by atoms with van der Waals surface area (Å²) in [5.74, 6) is 0.650. The van der Waals surface area contributed by atoms with Gasteiger partial charge >= 0.3 is 0 Å². The number of halogens is 1. The number of hydrogen-bond donors (Lipinski definition) is 1. The van der Waals surface area contributed by atoms with Gasteiger partial charge in [0, 0.05) is 11.1 Å². The Labute approximate surface area is 148 Å². The van der Waals surface area contributed by atoms with Crippen molar-refractivity contribution in [2.75, 3.05) is 0 Å². The molecule has 0 amide bonds. The zero-order valence-corrected chi connectivity index (χ0v) is 14.4. The topological polar surface area (TPSA) is 25.8 Å². The number of benzene rings is 3. The van der Waals surface area contributed by atoms with Crippen LogP contribution in [0.5, 0.6) is 5.75 Å². The van der Waals surface area contributed by atoms with Crippen molar-refractivity contribution < 1.29 is 14.4 Å². The maximum Gasteiger partial charge on any atom is 0.128 e. The van der Waals surface area contributed by atoms with Crippen LogP contribution in [-0.4, -0.2) is 0 Å². The highest BCUT2D eigenvalue weighted by atomic mass is 19.1. The van der Waals surface area contributed by atoms with Crippen LogP contribution in [0.1, 0.15) is 29.7 Å². The monoisotopic (exact) mass is 336 g/mol. The minimum absolute atomic E-state index is 0.228. The van der Waals surface area contributed by atoms with Crippen molar-refractivity contribution in [1.29, 1.82) is 0 Å². The molecule has 0 aromatic heterocycles. The first-order valence-corrected chi connectivity index (χ1v) is 8.56. The molecule has 3 aromatic rings. The molecule has 0 unspecified atom stereocenters. The minimum Gasteiger partial charge on any atom is -0.488 e. The Hall–Kier alpha value is -2.65. The molecule has 128 valence electrons. The smallest absolute Gasteiger partial charge is 0.128 e. The SMILES string of the molecule is C[C@@H]([NH2+]Cc1ccccc1OCc1ccc(F)cc1)c1ccccc1. The highest BCUT2D eigenvalue weighted by Gasteiger charge is 2.10. The lowest BCUT2D eigenvalue weighted by atomic mass is 10.1. The second-order valence-electron chi connectivity index (χ2n) is 6.16. The Balaban J connectivity index is 1.61. The van der Waals surface area contributed by atoms with Gasteiger partial charge in [0.05, 0.1) is 0 Å². The van der Waals surface area contributed by atoms with Crippen LogP contribution in [0.4, 0.5) is 4.39 Å². The molecular formula is C22H23FNO+. The summed E-state index contributed by atoms with van der Waals surface area (Å²) < 4.78 is 18.9. The number of nitrogens with two attached hydrogens (primary N) is 1. The van der Waals surface area contributed by atoms with Crippen LogP contribution < -0.4 is 10.1 Å². The van der Waals surface area contributed by atoms with Crippen LogP contribution in [0.3, 0.4) is 0 Å². The summed E-state index contributed by atoms with van der Waals surface area (Å²) >= 11 is 0. The van der Waals surface area contributed by atoms with Gasteiger partial charge in [-0.05, 0) is 36.8 Å². The average Bonchev–Trinajstić information content (AvgIpc) is 2.67. The molecular weight excluding hydrogens is 313 g/mol. The Bertz CT molecular complexity index is 787. The molecule has 0 heterocycles. The van der Waals surface area contributed by atoms with Crippen molar-refractivity contribution in [1.82, 2.24) is 0 Å². The first-order valence-electron chi connectivity index (χ1n) is 8.56. The van der Waals surface area contributed by atoms with E-state index in [1.54, 1.807) is 12.1 Å². The van der Waals surface area contributed by atoms with E-state index in [0.717, 1.165) is 23.4 Å². The number of hydrogen-bond acceptors (Lipinski definition) is 1. The molecule has 3 rings (SSSR count). The molecule has 2 N–H and O–H groups in total. The maximum absolute atomic E-state index is 13.0. The summed E-state index contributed by atoms with van der Waals surface area (Å²) in [6.07, 6.45) is 0. The van der Waals surface area contributed by atoms with Gasteiger partial charge in [-0.1, -0.05) is 54.6 Å². The Morgan fingerprint density at radius 3 is 2.32 bits per heavy atom.